The molecule has 20 aromatic rings. The van der Waals surface area contributed by atoms with Crippen molar-refractivity contribution in [2.75, 3.05) is 0 Å². The van der Waals surface area contributed by atoms with E-state index in [0.717, 1.165) is 11.4 Å². The van der Waals surface area contributed by atoms with Gasteiger partial charge in [-0.15, -0.1) is 11.3 Å². The molecule has 12 heterocycles. The third-order valence-corrected chi connectivity index (χ3v) is 21.3. The molecule has 0 fully saturated rings. The molecule has 20 rings (SSSR count). The molecule has 87 heavy (non-hydrogen) atoms. The van der Waals surface area contributed by atoms with Crippen LogP contribution in [0.1, 0.15) is 0 Å². The third-order valence-electron chi connectivity index (χ3n) is 18.7. The fourth-order valence-corrected chi connectivity index (χ4v) is 17.5. The summed E-state index contributed by atoms with van der Waals surface area (Å²) >= 11 is 5.88. The van der Waals surface area contributed by atoms with Crippen LogP contribution in [-0.4, -0.2) is 46.3 Å². The van der Waals surface area contributed by atoms with E-state index < -0.39 is 0 Å². The van der Waals surface area contributed by atoms with Gasteiger partial charge in [-0.05, 0) is 48.5 Å². The van der Waals surface area contributed by atoms with Crippen LogP contribution in [0.2, 0.25) is 0 Å². The van der Waals surface area contributed by atoms with Crippen molar-refractivity contribution < 1.29 is 21.4 Å². The predicted molar refractivity (Wildman–Crippen MR) is 372 cm³/mol. The van der Waals surface area contributed by atoms with Gasteiger partial charge in [0.05, 0.1) is 53.3 Å². The summed E-state index contributed by atoms with van der Waals surface area (Å²) in [6.45, 7) is 0. The molecule has 12 aromatic heterocycles. The molecule has 0 atom stereocenters. The molecule has 0 spiro atoms. The maximum atomic E-state index is 6.21. The van der Waals surface area contributed by atoms with Crippen LogP contribution in [-0.2, 0) is 80.4 Å². The van der Waals surface area contributed by atoms with Gasteiger partial charge in [-0.25, -0.2) is 0 Å². The van der Waals surface area contributed by atoms with Crippen molar-refractivity contribution in [3.05, 3.63) is 194 Å². The first-order chi connectivity index (χ1) is 42.5. The summed E-state index contributed by atoms with van der Waals surface area (Å²) in [5.41, 5.74) is 17.4. The number of aromatic nitrogens is 9. The monoisotopic (exact) mass is 1210 g/mol. The van der Waals surface area contributed by atoms with Crippen molar-refractivity contribution >= 4 is 200 Å². The number of hydrogen-bond donors (Lipinski definition) is 0. The van der Waals surface area contributed by atoms with E-state index >= 15 is 0 Å². The van der Waals surface area contributed by atoms with Crippen LogP contribution in [0.25, 0.3) is 172 Å². The Labute approximate surface area is 516 Å². The Morgan fingerprint density at radius 3 is 0.851 bits per heavy atom. The number of furan rings is 1. The third kappa shape index (κ3) is 7.24. The maximum absolute atomic E-state index is 6.21. The minimum absolute atomic E-state index is 0.947. The van der Waals surface area contributed by atoms with Crippen molar-refractivity contribution in [1.82, 2.24) is 41.1 Å². The molecule has 0 aliphatic carbocycles. The molecule has 0 aliphatic rings. The zero-order valence-corrected chi connectivity index (χ0v) is 52.9. The van der Waals surface area contributed by atoms with Crippen LogP contribution in [0.4, 0.5) is 0 Å². The molecule has 0 bridgehead atoms. The van der Waals surface area contributed by atoms with E-state index in [1.165, 1.54) is 161 Å². The number of nitrogens with zero attached hydrogens (tertiary/aromatic N) is 9. The van der Waals surface area contributed by atoms with E-state index in [4.69, 9.17) is 4.42 Å². The Morgan fingerprint density at radius 2 is 0.517 bits per heavy atom. The molecule has 0 saturated heterocycles. The van der Waals surface area contributed by atoms with Gasteiger partial charge in [-0.3, -0.25) is 0 Å². The molecule has 0 saturated carbocycles. The zero-order chi connectivity index (χ0) is 59.4. The fourth-order valence-electron chi connectivity index (χ4n) is 14.8. The Bertz CT molecular complexity index is 5650. The summed E-state index contributed by atoms with van der Waals surface area (Å²) < 4.78 is 29.5. The van der Waals surface area contributed by atoms with Gasteiger partial charge in [0.25, 0.3) is 0 Å². The second-order valence-corrected chi connectivity index (χ2v) is 24.9. The Kier molecular flexibility index (Phi) is 12.1. The number of aryl methyl sites for hydroxylation is 9. The first-order valence-electron chi connectivity index (χ1n) is 29.2. The molecule has 0 amide bonds. The summed E-state index contributed by atoms with van der Waals surface area (Å²) in [6.07, 6.45) is 0. The minimum atomic E-state index is 0.947. The molecule has 0 radical (unpaired) electrons. The fraction of sp³-hybridized carbons (Fsp3) is 0.122. The van der Waals surface area contributed by atoms with Crippen molar-refractivity contribution in [3.8, 4) is 0 Å². The van der Waals surface area contributed by atoms with Gasteiger partial charge in [-0.1, -0.05) is 157 Å². The van der Waals surface area contributed by atoms with E-state index in [2.05, 4.69) is 321 Å². The summed E-state index contributed by atoms with van der Waals surface area (Å²) in [6, 6.07) is 69.1. The van der Waals surface area contributed by atoms with Crippen molar-refractivity contribution in [2.24, 2.45) is 63.4 Å². The van der Waals surface area contributed by atoms with Crippen molar-refractivity contribution in [2.45, 2.75) is 0 Å². The van der Waals surface area contributed by atoms with Crippen LogP contribution in [0.15, 0.2) is 199 Å². The number of para-hydroxylation sites is 8. The predicted octanol–water partition coefficient (Wildman–Crippen LogP) is 18.9. The molecule has 8 aromatic carbocycles. The van der Waals surface area contributed by atoms with Crippen LogP contribution in [0, 0.1) is 0 Å². The van der Waals surface area contributed by atoms with E-state index in [9.17, 15) is 0 Å². The average molecular weight is 1210 g/mol. The van der Waals surface area contributed by atoms with Gasteiger partial charge in [0.15, 0.2) is 0 Å². The number of thiophene rings is 2. The summed E-state index contributed by atoms with van der Waals surface area (Å²) in [7, 11) is 19.3. The first kappa shape index (κ1) is 53.1. The average Bonchev–Trinajstić information content (AvgIpc) is 1.64. The first-order valence-corrected chi connectivity index (χ1v) is 31.8. The second kappa shape index (κ2) is 19.8. The molecule has 10 nitrogen and oxygen atoms in total. The standard InChI is InChI=1S/C19H17N3.C18H14N2O.2C18H14N2S.CH2.V/c1-20-14-10-6-4-8-12(14)16-17-13-9-5-7-11-15(13)21(2)19(17)22(3)18(16)20;1-19-13-9-5-3-7-11(13)15-16-12-8-4-6-10-14(12)20(2)18(16)21-17(15)19;1-19-13-9-5-3-7-11(13)17-15(19)16-18(21-17)12-8-4-6-10-14(12)20(16)2;1-19-13-9-5-3-7-11(13)15-16-12-8-4-6-10-14(12)20(2)18(16)21-17(15)19;;/h4-11H,1-3H3;3*3-10H,1-2H3;1H2;. The van der Waals surface area contributed by atoms with Crippen LogP contribution >= 0.6 is 22.7 Å². The molecule has 0 aliphatic heterocycles. The number of rotatable bonds is 0. The Morgan fingerprint density at radius 1 is 0.264 bits per heavy atom. The summed E-state index contributed by atoms with van der Waals surface area (Å²) in [4.78, 5) is 2.73. The molecular weight excluding hydrogens is 1150 g/mol. The van der Waals surface area contributed by atoms with Crippen molar-refractivity contribution in [1.29, 1.82) is 0 Å². The van der Waals surface area contributed by atoms with Gasteiger partial charge in [-0.2, -0.15) is 0 Å². The number of fused-ring (bicyclic) bond motifs is 28. The quantitative estimate of drug-likeness (QED) is 0.149. The van der Waals surface area contributed by atoms with Gasteiger partial charge in [0.2, 0.25) is 11.4 Å². The summed E-state index contributed by atoms with van der Waals surface area (Å²) in [5, 5.41) is 21.8. The van der Waals surface area contributed by atoms with Gasteiger partial charge >= 0.3 is 22.2 Å². The molecular formula is C74H61N9OS2V. The van der Waals surface area contributed by atoms with Gasteiger partial charge in [0, 0.05) is 150 Å². The van der Waals surface area contributed by atoms with Crippen LogP contribution < -0.4 is 0 Å². The zero-order valence-electron chi connectivity index (χ0n) is 49.9. The topological polar surface area (TPSA) is 57.5 Å². The van der Waals surface area contributed by atoms with E-state index in [-0.39, 0.29) is 0 Å². The Hall–Kier alpha value is -9.43. The second-order valence-electron chi connectivity index (χ2n) is 22.9. The number of hydrogen-bond acceptors (Lipinski definition) is 3. The van der Waals surface area contributed by atoms with Crippen molar-refractivity contribution in [3.63, 3.8) is 0 Å². The Balaban J connectivity index is 0.0000000929. The number of benzene rings is 8. The molecule has 13 heteroatoms. The molecule has 0 unspecified atom stereocenters. The molecule has 0 N–H and O–H groups in total. The van der Waals surface area contributed by atoms with E-state index in [1.54, 1.807) is 0 Å². The molecule has 425 valence electrons. The normalized spacial score (nSPS) is 12.0. The van der Waals surface area contributed by atoms with Crippen LogP contribution in [0.5, 0.6) is 0 Å². The SMILES string of the molecule is Cn1c2ccccc2c2c3c4ccccc4n(C)c3n(C)c21.Cn1c2ccccc2c2c3c4ccccc4n(C)c3oc21.Cn1c2ccccc2c2c3c4ccccc4n(C)c3sc21.Cn1c2ccccc2c2sc3c4ccccc4n(C)c3c21.[CH2]=[V]. The van der Waals surface area contributed by atoms with Gasteiger partial charge in [0.1, 0.15) is 21.0 Å². The summed E-state index contributed by atoms with van der Waals surface area (Å²) in [5.74, 6) is 0. The van der Waals surface area contributed by atoms with E-state index in [1.807, 2.05) is 22.7 Å². The van der Waals surface area contributed by atoms with Gasteiger partial charge < -0.3 is 45.5 Å². The van der Waals surface area contributed by atoms with Crippen LogP contribution in [0.3, 0.4) is 0 Å². The van der Waals surface area contributed by atoms with E-state index in [0.29, 0.717) is 0 Å².